The van der Waals surface area contributed by atoms with Crippen molar-refractivity contribution in [3.8, 4) is 0 Å². The normalized spacial score (nSPS) is 16.6. The van der Waals surface area contributed by atoms with E-state index in [0.29, 0.717) is 0 Å². The van der Waals surface area contributed by atoms with Gasteiger partial charge in [-0.3, -0.25) is 0 Å². The van der Waals surface area contributed by atoms with Crippen molar-refractivity contribution in [1.82, 2.24) is 10.3 Å². The highest BCUT2D eigenvalue weighted by Crippen LogP contribution is 2.28. The van der Waals surface area contributed by atoms with Crippen molar-refractivity contribution in [1.29, 1.82) is 0 Å². The van der Waals surface area contributed by atoms with Crippen molar-refractivity contribution in [3.05, 3.63) is 10.6 Å². The average Bonchev–Trinajstić information content (AvgIpc) is 2.89. The Kier molecular flexibility index (Phi) is 6.26. The molecule has 5 heteroatoms. The number of hydrogen-bond donors (Lipinski definition) is 1. The number of nitrogens with zero attached hydrogens (tertiary/aromatic N) is 2. The van der Waals surface area contributed by atoms with E-state index in [1.807, 2.05) is 11.3 Å². The number of aryl methyl sites for hydroxylation is 1. The summed E-state index contributed by atoms with van der Waals surface area (Å²) in [7, 11) is 2.17. The smallest absolute Gasteiger partial charge is 0.185 e. The molecule has 0 unspecified atom stereocenters. The highest BCUT2D eigenvalue weighted by molar-refractivity contribution is 7.15. The van der Waals surface area contributed by atoms with E-state index < -0.39 is 0 Å². The zero-order valence-electron chi connectivity index (χ0n) is 12.9. The minimum atomic E-state index is 0.750. The molecule has 0 amide bonds. The summed E-state index contributed by atoms with van der Waals surface area (Å²) in [6.07, 6.45) is 3.38. The van der Waals surface area contributed by atoms with Gasteiger partial charge in [0.05, 0.1) is 5.69 Å². The van der Waals surface area contributed by atoms with Crippen molar-refractivity contribution >= 4 is 16.5 Å². The maximum Gasteiger partial charge on any atom is 0.185 e. The van der Waals surface area contributed by atoms with Crippen LogP contribution in [0.2, 0.25) is 0 Å². The molecule has 0 spiro atoms. The minimum Gasteiger partial charge on any atom is -0.381 e. The van der Waals surface area contributed by atoms with Gasteiger partial charge in [-0.05, 0) is 31.7 Å². The lowest BCUT2D eigenvalue weighted by Gasteiger charge is -2.26. The van der Waals surface area contributed by atoms with E-state index in [0.717, 1.165) is 45.2 Å². The van der Waals surface area contributed by atoms with E-state index in [4.69, 9.17) is 9.72 Å². The average molecular weight is 297 g/mol. The van der Waals surface area contributed by atoms with Crippen molar-refractivity contribution in [3.63, 3.8) is 0 Å². The number of ether oxygens (including phenoxy) is 1. The van der Waals surface area contributed by atoms with Gasteiger partial charge >= 0.3 is 0 Å². The maximum atomic E-state index is 5.43. The Balaban J connectivity index is 1.97. The lowest BCUT2D eigenvalue weighted by Crippen LogP contribution is -2.29. The molecule has 2 heterocycles. The standard InChI is InChI=1S/C15H27N3OS/c1-4-13-14(10-16-5-2)20-15(17-13)18(3)11-12-6-8-19-9-7-12/h12,16H,4-11H2,1-3H3. The molecule has 0 saturated carbocycles. The molecule has 1 saturated heterocycles. The SMILES string of the molecule is CCNCc1sc(N(C)CC2CCOCC2)nc1CC. The van der Waals surface area contributed by atoms with Gasteiger partial charge in [-0.25, -0.2) is 4.98 Å². The van der Waals surface area contributed by atoms with Crippen LogP contribution in [0.3, 0.4) is 0 Å². The summed E-state index contributed by atoms with van der Waals surface area (Å²) in [6, 6.07) is 0. The quantitative estimate of drug-likeness (QED) is 0.839. The van der Waals surface area contributed by atoms with Crippen LogP contribution in [-0.2, 0) is 17.7 Å². The summed E-state index contributed by atoms with van der Waals surface area (Å²) >= 11 is 1.84. The molecular weight excluding hydrogens is 270 g/mol. The number of hydrogen-bond acceptors (Lipinski definition) is 5. The van der Waals surface area contributed by atoms with Crippen LogP contribution in [0.4, 0.5) is 5.13 Å². The van der Waals surface area contributed by atoms with Crippen LogP contribution < -0.4 is 10.2 Å². The molecule has 0 bridgehead atoms. The van der Waals surface area contributed by atoms with E-state index in [1.165, 1.54) is 28.5 Å². The van der Waals surface area contributed by atoms with Crippen LogP contribution in [0.5, 0.6) is 0 Å². The van der Waals surface area contributed by atoms with Gasteiger partial charge in [0.15, 0.2) is 5.13 Å². The van der Waals surface area contributed by atoms with Gasteiger partial charge in [0.2, 0.25) is 0 Å². The molecule has 1 N–H and O–H groups in total. The van der Waals surface area contributed by atoms with E-state index in [2.05, 4.69) is 31.1 Å². The Morgan fingerprint density at radius 2 is 2.10 bits per heavy atom. The summed E-state index contributed by atoms with van der Waals surface area (Å²) in [5, 5.41) is 4.58. The summed E-state index contributed by atoms with van der Waals surface area (Å²) < 4.78 is 5.43. The van der Waals surface area contributed by atoms with E-state index in [9.17, 15) is 0 Å². The monoisotopic (exact) mass is 297 g/mol. The summed E-state index contributed by atoms with van der Waals surface area (Å²) in [5.41, 5.74) is 1.25. The Bertz CT molecular complexity index is 402. The first-order valence-corrected chi connectivity index (χ1v) is 8.54. The largest absolute Gasteiger partial charge is 0.381 e. The zero-order chi connectivity index (χ0) is 14.4. The lowest BCUT2D eigenvalue weighted by atomic mass is 10.0. The number of anilines is 1. The fraction of sp³-hybridized carbons (Fsp3) is 0.800. The van der Waals surface area contributed by atoms with E-state index >= 15 is 0 Å². The van der Waals surface area contributed by atoms with E-state index in [1.54, 1.807) is 0 Å². The molecule has 1 aliphatic heterocycles. The minimum absolute atomic E-state index is 0.750. The molecule has 1 aromatic heterocycles. The molecule has 4 nitrogen and oxygen atoms in total. The number of thiazole rings is 1. The predicted molar refractivity (Wildman–Crippen MR) is 85.7 cm³/mol. The van der Waals surface area contributed by atoms with Crippen LogP contribution in [0.25, 0.3) is 0 Å². The fourth-order valence-corrected chi connectivity index (χ4v) is 3.67. The molecule has 0 radical (unpaired) electrons. The molecule has 1 aromatic rings. The second-order valence-electron chi connectivity index (χ2n) is 5.44. The second-order valence-corrected chi connectivity index (χ2v) is 6.50. The summed E-state index contributed by atoms with van der Waals surface area (Å²) in [5.74, 6) is 0.750. The van der Waals surface area contributed by atoms with E-state index in [-0.39, 0.29) is 0 Å². The second kappa shape index (κ2) is 7.96. The number of nitrogens with one attached hydrogen (secondary N) is 1. The first-order chi connectivity index (χ1) is 9.74. The number of aromatic nitrogens is 1. The van der Waals surface area contributed by atoms with Crippen LogP contribution >= 0.6 is 11.3 Å². The summed E-state index contributed by atoms with van der Waals surface area (Å²) in [6.45, 7) is 9.22. The zero-order valence-corrected chi connectivity index (χ0v) is 13.8. The van der Waals surface area contributed by atoms with Gasteiger partial charge in [-0.15, -0.1) is 11.3 Å². The highest BCUT2D eigenvalue weighted by Gasteiger charge is 2.18. The third kappa shape index (κ3) is 4.17. The lowest BCUT2D eigenvalue weighted by molar-refractivity contribution is 0.0685. The molecular formula is C15H27N3OS. The van der Waals surface area contributed by atoms with Crippen LogP contribution in [-0.4, -0.2) is 38.3 Å². The van der Waals surface area contributed by atoms with Gasteiger partial charge in [-0.1, -0.05) is 13.8 Å². The Morgan fingerprint density at radius 3 is 2.75 bits per heavy atom. The Morgan fingerprint density at radius 1 is 1.35 bits per heavy atom. The van der Waals surface area contributed by atoms with Gasteiger partial charge in [0.25, 0.3) is 0 Å². The van der Waals surface area contributed by atoms with Gasteiger partial charge < -0.3 is 15.0 Å². The first kappa shape index (κ1) is 15.7. The first-order valence-electron chi connectivity index (χ1n) is 7.72. The molecule has 0 aliphatic carbocycles. The summed E-state index contributed by atoms with van der Waals surface area (Å²) in [4.78, 5) is 8.54. The van der Waals surface area contributed by atoms with Crippen LogP contribution in [0.15, 0.2) is 0 Å². The third-order valence-corrected chi connectivity index (χ3v) is 5.05. The molecule has 0 aromatic carbocycles. The number of rotatable bonds is 7. The van der Waals surface area contributed by atoms with Gasteiger partial charge in [-0.2, -0.15) is 0 Å². The molecule has 20 heavy (non-hydrogen) atoms. The fourth-order valence-electron chi connectivity index (χ4n) is 2.58. The Hall–Kier alpha value is -0.650. The van der Waals surface area contributed by atoms with Crippen LogP contribution in [0, 0.1) is 5.92 Å². The van der Waals surface area contributed by atoms with Crippen LogP contribution in [0.1, 0.15) is 37.3 Å². The molecule has 1 fully saturated rings. The molecule has 2 rings (SSSR count). The van der Waals surface area contributed by atoms with Crippen molar-refractivity contribution < 1.29 is 4.74 Å². The van der Waals surface area contributed by atoms with Gasteiger partial charge in [0, 0.05) is 38.2 Å². The molecule has 1 aliphatic rings. The Labute approximate surface area is 126 Å². The highest BCUT2D eigenvalue weighted by atomic mass is 32.1. The molecule has 0 atom stereocenters. The predicted octanol–water partition coefficient (Wildman–Crippen LogP) is 2.68. The topological polar surface area (TPSA) is 37.4 Å². The third-order valence-electron chi connectivity index (χ3n) is 3.84. The molecule has 114 valence electrons. The van der Waals surface area contributed by atoms with Crippen molar-refractivity contribution in [2.45, 2.75) is 39.7 Å². The van der Waals surface area contributed by atoms with Crippen molar-refractivity contribution in [2.24, 2.45) is 5.92 Å². The van der Waals surface area contributed by atoms with Gasteiger partial charge in [0.1, 0.15) is 0 Å². The van der Waals surface area contributed by atoms with Crippen molar-refractivity contribution in [2.75, 3.05) is 38.3 Å². The maximum absolute atomic E-state index is 5.43.